The Labute approximate surface area is 69.7 Å². The van der Waals surface area contributed by atoms with Crippen molar-refractivity contribution in [2.24, 2.45) is 0 Å². The molecule has 0 saturated carbocycles. The number of hydrogen-bond acceptors (Lipinski definition) is 3. The molecule has 0 aromatic carbocycles. The molecular weight excluding hydrogens is 156 g/mol. The molecule has 62 valence electrons. The second-order valence-electron chi connectivity index (χ2n) is 2.91. The van der Waals surface area contributed by atoms with E-state index >= 15 is 0 Å². The standard InChI is InChI=1S/C8H9N2O2/c11-7-5-9-4-2-1-3-8(9)10(12)6-7/h1-3H,4-6H2/q+1. The summed E-state index contributed by atoms with van der Waals surface area (Å²) >= 11 is 0. The summed E-state index contributed by atoms with van der Waals surface area (Å²) in [5.74, 6) is 0.592. The highest BCUT2D eigenvalue weighted by molar-refractivity contribution is 5.82. The van der Waals surface area contributed by atoms with Crippen LogP contribution in [-0.4, -0.2) is 35.1 Å². The van der Waals surface area contributed by atoms with E-state index in [2.05, 4.69) is 0 Å². The lowest BCUT2D eigenvalue weighted by Gasteiger charge is -2.21. The Morgan fingerprint density at radius 1 is 1.50 bits per heavy atom. The number of nitrogens with zero attached hydrogens (tertiary/aromatic N) is 2. The summed E-state index contributed by atoms with van der Waals surface area (Å²) in [7, 11) is 0. The molecule has 0 spiro atoms. The first-order chi connectivity index (χ1) is 5.77. The first-order valence-electron chi connectivity index (χ1n) is 3.85. The van der Waals surface area contributed by atoms with Crippen molar-refractivity contribution in [3.05, 3.63) is 29.0 Å². The Bertz CT molecular complexity index is 304. The minimum Gasteiger partial charge on any atom is -0.291 e. The minimum atomic E-state index is -0.0162. The summed E-state index contributed by atoms with van der Waals surface area (Å²) in [5, 5.41) is 0. The van der Waals surface area contributed by atoms with Crippen molar-refractivity contribution in [3.8, 4) is 0 Å². The van der Waals surface area contributed by atoms with Crippen molar-refractivity contribution in [3.63, 3.8) is 0 Å². The van der Waals surface area contributed by atoms with E-state index in [1.165, 1.54) is 0 Å². The van der Waals surface area contributed by atoms with Crippen LogP contribution in [0.25, 0.3) is 0 Å². The second-order valence-corrected chi connectivity index (χ2v) is 2.91. The van der Waals surface area contributed by atoms with Crippen LogP contribution in [0.3, 0.4) is 0 Å². The predicted octanol–water partition coefficient (Wildman–Crippen LogP) is 0.0612. The van der Waals surface area contributed by atoms with E-state index in [0.29, 0.717) is 18.9 Å². The molecule has 0 aromatic heterocycles. The number of nitroso groups, excluding NO2 is 1. The molecule has 1 fully saturated rings. The number of allylic oxidation sites excluding steroid dienone is 2. The highest BCUT2D eigenvalue weighted by Gasteiger charge is 2.34. The molecule has 0 unspecified atom stereocenters. The first-order valence-corrected chi connectivity index (χ1v) is 3.85. The molecule has 0 bridgehead atoms. The number of hydrogen-bond donors (Lipinski definition) is 0. The van der Waals surface area contributed by atoms with E-state index in [1.54, 1.807) is 11.0 Å². The smallest absolute Gasteiger partial charge is 0.291 e. The quantitative estimate of drug-likeness (QED) is 0.476. The zero-order chi connectivity index (χ0) is 8.55. The van der Waals surface area contributed by atoms with Crippen molar-refractivity contribution in [1.29, 1.82) is 0 Å². The van der Waals surface area contributed by atoms with Gasteiger partial charge in [0.25, 0.3) is 0 Å². The summed E-state index contributed by atoms with van der Waals surface area (Å²) in [6, 6.07) is 0. The van der Waals surface area contributed by atoms with Gasteiger partial charge in [0.2, 0.25) is 5.78 Å². The SMILES string of the molecule is O=C1CN2CC=CC=C2[N+](=O)C1. The average molecular weight is 165 g/mol. The fraction of sp³-hybridized carbons (Fsp3) is 0.375. The fourth-order valence-electron chi connectivity index (χ4n) is 1.43. The molecule has 4 nitrogen and oxygen atoms in total. The van der Waals surface area contributed by atoms with E-state index < -0.39 is 0 Å². The predicted molar refractivity (Wildman–Crippen MR) is 42.3 cm³/mol. The summed E-state index contributed by atoms with van der Waals surface area (Å²) < 4.78 is 0.745. The third-order valence-corrected chi connectivity index (χ3v) is 1.97. The van der Waals surface area contributed by atoms with Crippen LogP contribution in [0.2, 0.25) is 0 Å². The zero-order valence-corrected chi connectivity index (χ0v) is 6.56. The Morgan fingerprint density at radius 2 is 2.33 bits per heavy atom. The lowest BCUT2D eigenvalue weighted by molar-refractivity contribution is -0.511. The third-order valence-electron chi connectivity index (χ3n) is 1.97. The van der Waals surface area contributed by atoms with Crippen molar-refractivity contribution >= 4 is 5.78 Å². The van der Waals surface area contributed by atoms with Crippen molar-refractivity contribution in [2.75, 3.05) is 19.6 Å². The number of carbonyl (C=O) groups is 1. The van der Waals surface area contributed by atoms with Crippen LogP contribution in [-0.2, 0) is 4.79 Å². The summed E-state index contributed by atoms with van der Waals surface area (Å²) in [6.45, 7) is 1.03. The molecule has 2 heterocycles. The van der Waals surface area contributed by atoms with Gasteiger partial charge in [0.1, 0.15) is 13.1 Å². The van der Waals surface area contributed by atoms with Crippen molar-refractivity contribution < 1.29 is 9.55 Å². The van der Waals surface area contributed by atoms with Crippen LogP contribution in [0.5, 0.6) is 0 Å². The number of Topliss-reactive ketones (excluding diaryl/α,β-unsaturated/α-hetero) is 1. The van der Waals surface area contributed by atoms with Gasteiger partial charge in [0, 0.05) is 6.08 Å². The van der Waals surface area contributed by atoms with E-state index in [-0.39, 0.29) is 12.3 Å². The monoisotopic (exact) mass is 165 g/mol. The summed E-state index contributed by atoms with van der Waals surface area (Å²) in [4.78, 5) is 24.0. The number of carbonyl (C=O) groups excluding carboxylic acids is 1. The van der Waals surface area contributed by atoms with Gasteiger partial charge in [-0.05, 0) is 10.8 Å². The van der Waals surface area contributed by atoms with Gasteiger partial charge < -0.3 is 0 Å². The fourth-order valence-corrected chi connectivity index (χ4v) is 1.43. The van der Waals surface area contributed by atoms with Crippen molar-refractivity contribution in [1.82, 2.24) is 4.90 Å². The van der Waals surface area contributed by atoms with E-state index in [4.69, 9.17) is 0 Å². The van der Waals surface area contributed by atoms with Crippen LogP contribution in [0.1, 0.15) is 0 Å². The zero-order valence-electron chi connectivity index (χ0n) is 6.56. The highest BCUT2D eigenvalue weighted by Crippen LogP contribution is 2.14. The largest absolute Gasteiger partial charge is 0.316 e. The summed E-state index contributed by atoms with van der Waals surface area (Å²) in [5.41, 5.74) is 0. The van der Waals surface area contributed by atoms with Crippen LogP contribution in [0.15, 0.2) is 24.0 Å². The molecule has 0 radical (unpaired) electrons. The molecule has 0 N–H and O–H groups in total. The van der Waals surface area contributed by atoms with Crippen molar-refractivity contribution in [2.45, 2.75) is 0 Å². The summed E-state index contributed by atoms with van der Waals surface area (Å²) in [6.07, 6.45) is 5.51. The van der Waals surface area contributed by atoms with E-state index in [0.717, 1.165) is 4.76 Å². The van der Waals surface area contributed by atoms with Crippen LogP contribution >= 0.6 is 0 Å². The van der Waals surface area contributed by atoms with Crippen LogP contribution in [0, 0.1) is 4.91 Å². The van der Waals surface area contributed by atoms with Crippen LogP contribution in [0.4, 0.5) is 0 Å². The van der Waals surface area contributed by atoms with Gasteiger partial charge in [0.05, 0.1) is 0 Å². The maximum atomic E-state index is 11.2. The maximum absolute atomic E-state index is 11.2. The molecule has 4 heteroatoms. The van der Waals surface area contributed by atoms with Gasteiger partial charge in [-0.3, -0.25) is 4.79 Å². The highest BCUT2D eigenvalue weighted by atomic mass is 16.3. The minimum absolute atomic E-state index is 0.00380. The number of ketones is 1. The maximum Gasteiger partial charge on any atom is 0.316 e. The number of fused-ring (bicyclic) bond motifs is 1. The van der Waals surface area contributed by atoms with Crippen LogP contribution < -0.4 is 0 Å². The molecule has 0 atom stereocenters. The Morgan fingerprint density at radius 3 is 3.17 bits per heavy atom. The first kappa shape index (κ1) is 7.21. The average Bonchev–Trinajstić information content (AvgIpc) is 2.04. The molecule has 1 saturated heterocycles. The molecule has 2 aliphatic heterocycles. The molecule has 12 heavy (non-hydrogen) atoms. The topological polar surface area (TPSA) is 40.4 Å². The lowest BCUT2D eigenvalue weighted by Crippen LogP contribution is -2.43. The van der Waals surface area contributed by atoms with Gasteiger partial charge in [-0.25, -0.2) is 4.90 Å². The normalized spacial score (nSPS) is 22.3. The molecule has 0 amide bonds. The van der Waals surface area contributed by atoms with Gasteiger partial charge in [-0.2, -0.15) is 0 Å². The van der Waals surface area contributed by atoms with Gasteiger partial charge in [-0.1, -0.05) is 11.0 Å². The van der Waals surface area contributed by atoms with Gasteiger partial charge in [0.15, 0.2) is 6.54 Å². The number of rotatable bonds is 0. The Balaban J connectivity index is 2.30. The van der Waals surface area contributed by atoms with Gasteiger partial charge in [-0.15, -0.1) is 0 Å². The molecular formula is C8H9N2O2+. The van der Waals surface area contributed by atoms with E-state index in [9.17, 15) is 9.70 Å². The lowest BCUT2D eigenvalue weighted by atomic mass is 10.2. The Kier molecular flexibility index (Phi) is 1.53. The second kappa shape index (κ2) is 2.55. The van der Waals surface area contributed by atoms with E-state index in [1.807, 2.05) is 12.2 Å². The van der Waals surface area contributed by atoms with Gasteiger partial charge >= 0.3 is 5.82 Å². The molecule has 0 aliphatic carbocycles. The Hall–Kier alpha value is -1.45. The molecule has 2 rings (SSSR count). The third kappa shape index (κ3) is 1.05. The molecule has 2 aliphatic rings. The molecule has 0 aromatic rings.